The highest BCUT2D eigenvalue weighted by Gasteiger charge is 2.26. The van der Waals surface area contributed by atoms with Crippen molar-refractivity contribution in [1.82, 2.24) is 19.7 Å². The van der Waals surface area contributed by atoms with Crippen LogP contribution in [0.1, 0.15) is 20.8 Å². The van der Waals surface area contributed by atoms with Crippen molar-refractivity contribution in [3.63, 3.8) is 0 Å². The summed E-state index contributed by atoms with van der Waals surface area (Å²) >= 11 is 6.16. The average molecular weight is 380 g/mol. The Morgan fingerprint density at radius 1 is 1.35 bits per heavy atom. The lowest BCUT2D eigenvalue weighted by Gasteiger charge is -2.28. The first kappa shape index (κ1) is 19.7. The number of pyridine rings is 1. The van der Waals surface area contributed by atoms with Gasteiger partial charge in [0, 0.05) is 19.8 Å². The normalized spacial score (nSPS) is 11.3. The molecule has 0 aromatic carbocycles. The minimum absolute atomic E-state index is 0.141. The van der Waals surface area contributed by atoms with E-state index in [1.165, 1.54) is 16.6 Å². The van der Waals surface area contributed by atoms with Gasteiger partial charge >= 0.3 is 6.09 Å². The zero-order chi connectivity index (χ0) is 19.5. The van der Waals surface area contributed by atoms with Crippen LogP contribution in [0, 0.1) is 5.41 Å². The van der Waals surface area contributed by atoms with Gasteiger partial charge in [-0.15, -0.1) is 0 Å². The summed E-state index contributed by atoms with van der Waals surface area (Å²) in [6.45, 7) is 5.70. The van der Waals surface area contributed by atoms with Gasteiger partial charge in [0.05, 0.1) is 18.1 Å². The fraction of sp³-hybridized carbons (Fsp3) is 0.412. The molecule has 0 saturated heterocycles. The molecule has 0 atom stereocenters. The molecule has 2 aromatic heterocycles. The van der Waals surface area contributed by atoms with Crippen molar-refractivity contribution in [2.24, 2.45) is 5.41 Å². The third-order valence-corrected chi connectivity index (χ3v) is 3.83. The third-order valence-electron chi connectivity index (χ3n) is 3.56. The van der Waals surface area contributed by atoms with Gasteiger partial charge in [0.15, 0.2) is 5.15 Å². The first-order valence-electron chi connectivity index (χ1n) is 7.98. The van der Waals surface area contributed by atoms with Gasteiger partial charge in [-0.2, -0.15) is 5.10 Å². The standard InChI is InChI=1S/C17H22ClN5O3/c1-17(2,3)11-22(16(25)26)10-14(24)21(4)13-9-23(20-15(13)18)12-6-5-7-19-8-12/h5-9H,10-11H2,1-4H3,(H,25,26). The molecule has 0 bridgehead atoms. The van der Waals surface area contributed by atoms with Gasteiger partial charge in [0.25, 0.3) is 0 Å². The molecule has 2 aromatic rings. The van der Waals surface area contributed by atoms with E-state index < -0.39 is 12.0 Å². The molecule has 0 fully saturated rings. The molecule has 9 heteroatoms. The van der Waals surface area contributed by atoms with Gasteiger partial charge in [-0.1, -0.05) is 32.4 Å². The number of hydrogen-bond acceptors (Lipinski definition) is 4. The maximum Gasteiger partial charge on any atom is 0.407 e. The number of carbonyl (C=O) groups excluding carboxylic acids is 1. The summed E-state index contributed by atoms with van der Waals surface area (Å²) in [4.78, 5) is 30.4. The highest BCUT2D eigenvalue weighted by Crippen LogP contribution is 2.25. The molecule has 0 spiro atoms. The molecule has 26 heavy (non-hydrogen) atoms. The largest absolute Gasteiger partial charge is 0.465 e. The Labute approximate surface area is 157 Å². The lowest BCUT2D eigenvalue weighted by atomic mass is 9.96. The number of aromatic nitrogens is 3. The van der Waals surface area contributed by atoms with Crippen molar-refractivity contribution in [3.8, 4) is 5.69 Å². The molecule has 2 amide bonds. The Balaban J connectivity index is 2.17. The van der Waals surface area contributed by atoms with Crippen molar-refractivity contribution in [2.75, 3.05) is 25.0 Å². The first-order valence-corrected chi connectivity index (χ1v) is 8.36. The average Bonchev–Trinajstić information content (AvgIpc) is 2.94. The van der Waals surface area contributed by atoms with Crippen molar-refractivity contribution < 1.29 is 14.7 Å². The molecule has 8 nitrogen and oxygen atoms in total. The summed E-state index contributed by atoms with van der Waals surface area (Å²) in [6, 6.07) is 3.56. The highest BCUT2D eigenvalue weighted by molar-refractivity contribution is 6.32. The van der Waals surface area contributed by atoms with Crippen LogP contribution in [0.5, 0.6) is 0 Å². The van der Waals surface area contributed by atoms with Gasteiger partial charge in [0.1, 0.15) is 12.2 Å². The molecule has 0 aliphatic rings. The maximum absolute atomic E-state index is 12.6. The molecular formula is C17H22ClN5O3. The van der Waals surface area contributed by atoms with Crippen LogP contribution in [-0.2, 0) is 4.79 Å². The number of rotatable bonds is 5. The maximum atomic E-state index is 12.6. The van der Waals surface area contributed by atoms with Gasteiger partial charge in [-0.3, -0.25) is 14.7 Å². The fourth-order valence-electron chi connectivity index (χ4n) is 2.36. The second kappa shape index (κ2) is 7.74. The second-order valence-corrected chi connectivity index (χ2v) is 7.47. The zero-order valence-corrected chi connectivity index (χ0v) is 15.9. The zero-order valence-electron chi connectivity index (χ0n) is 15.2. The van der Waals surface area contributed by atoms with Gasteiger partial charge in [0.2, 0.25) is 5.91 Å². The Morgan fingerprint density at radius 3 is 2.58 bits per heavy atom. The lowest BCUT2D eigenvalue weighted by molar-refractivity contribution is -0.119. The van der Waals surface area contributed by atoms with Crippen LogP contribution in [0.4, 0.5) is 10.5 Å². The van der Waals surface area contributed by atoms with E-state index >= 15 is 0 Å². The number of carbonyl (C=O) groups is 2. The number of nitrogens with zero attached hydrogens (tertiary/aromatic N) is 5. The molecule has 2 heterocycles. The summed E-state index contributed by atoms with van der Waals surface area (Å²) in [5.41, 5.74) is 0.822. The minimum atomic E-state index is -1.14. The predicted molar refractivity (Wildman–Crippen MR) is 98.8 cm³/mol. The van der Waals surface area contributed by atoms with E-state index in [-0.39, 0.29) is 23.7 Å². The summed E-state index contributed by atoms with van der Waals surface area (Å²) in [6.07, 6.45) is 3.72. The monoisotopic (exact) mass is 379 g/mol. The van der Waals surface area contributed by atoms with Crippen LogP contribution in [-0.4, -0.2) is 56.9 Å². The van der Waals surface area contributed by atoms with E-state index in [2.05, 4.69) is 10.1 Å². The minimum Gasteiger partial charge on any atom is -0.465 e. The topological polar surface area (TPSA) is 91.6 Å². The number of halogens is 1. The van der Waals surface area contributed by atoms with Crippen LogP contribution in [0.15, 0.2) is 30.7 Å². The number of carboxylic acid groups (broad SMARTS) is 1. The van der Waals surface area contributed by atoms with Crippen molar-refractivity contribution in [2.45, 2.75) is 20.8 Å². The second-order valence-electron chi connectivity index (χ2n) is 7.11. The molecule has 0 saturated carbocycles. The predicted octanol–water partition coefficient (Wildman–Crippen LogP) is 2.91. The summed E-state index contributed by atoms with van der Waals surface area (Å²) < 4.78 is 1.51. The molecule has 1 N–H and O–H groups in total. The quantitative estimate of drug-likeness (QED) is 0.862. The molecule has 0 unspecified atom stereocenters. The van der Waals surface area contributed by atoms with E-state index in [4.69, 9.17) is 11.6 Å². The summed E-state index contributed by atoms with van der Waals surface area (Å²) in [5.74, 6) is -0.399. The van der Waals surface area contributed by atoms with Crippen LogP contribution >= 0.6 is 11.6 Å². The van der Waals surface area contributed by atoms with E-state index in [1.807, 2.05) is 20.8 Å². The van der Waals surface area contributed by atoms with Gasteiger partial charge in [-0.25, -0.2) is 9.48 Å². The Hall–Kier alpha value is -2.61. The number of amides is 2. The highest BCUT2D eigenvalue weighted by atomic mass is 35.5. The van der Waals surface area contributed by atoms with Gasteiger partial charge < -0.3 is 10.0 Å². The van der Waals surface area contributed by atoms with E-state index in [9.17, 15) is 14.7 Å². The molecule has 140 valence electrons. The lowest BCUT2D eigenvalue weighted by Crippen LogP contribution is -2.44. The number of hydrogen-bond donors (Lipinski definition) is 1. The molecule has 2 rings (SSSR count). The Kier molecular flexibility index (Phi) is 5.86. The summed E-state index contributed by atoms with van der Waals surface area (Å²) in [7, 11) is 1.54. The van der Waals surface area contributed by atoms with Crippen LogP contribution in [0.25, 0.3) is 5.69 Å². The van der Waals surface area contributed by atoms with E-state index in [1.54, 1.807) is 30.7 Å². The van der Waals surface area contributed by atoms with Gasteiger partial charge in [-0.05, 0) is 17.5 Å². The van der Waals surface area contributed by atoms with Crippen molar-refractivity contribution in [1.29, 1.82) is 0 Å². The smallest absolute Gasteiger partial charge is 0.407 e. The van der Waals surface area contributed by atoms with Crippen molar-refractivity contribution >= 4 is 29.3 Å². The number of anilines is 1. The van der Waals surface area contributed by atoms with Crippen LogP contribution < -0.4 is 4.90 Å². The third kappa shape index (κ3) is 4.95. The Bertz CT molecular complexity index is 785. The van der Waals surface area contributed by atoms with Crippen molar-refractivity contribution in [3.05, 3.63) is 35.9 Å². The first-order chi connectivity index (χ1) is 12.1. The molecule has 0 aliphatic carbocycles. The molecule has 0 aliphatic heterocycles. The Morgan fingerprint density at radius 2 is 2.04 bits per heavy atom. The molecule has 0 radical (unpaired) electrons. The summed E-state index contributed by atoms with van der Waals surface area (Å²) in [5, 5.41) is 13.7. The van der Waals surface area contributed by atoms with Crippen LogP contribution in [0.3, 0.4) is 0 Å². The van der Waals surface area contributed by atoms with Crippen LogP contribution in [0.2, 0.25) is 5.15 Å². The number of likely N-dealkylation sites (N-methyl/N-ethyl adjacent to an activating group) is 1. The van der Waals surface area contributed by atoms with E-state index in [0.29, 0.717) is 11.4 Å². The molecular weight excluding hydrogens is 358 g/mol. The SMILES string of the molecule is CN(C(=O)CN(CC(C)(C)C)C(=O)O)c1cn(-c2cccnc2)nc1Cl. The van der Waals surface area contributed by atoms with E-state index in [0.717, 1.165) is 4.90 Å². The fourth-order valence-corrected chi connectivity index (χ4v) is 2.61.